The maximum Gasteiger partial charge on any atom is 0.267 e. The molecule has 0 radical (unpaired) electrons. The van der Waals surface area contributed by atoms with Gasteiger partial charge in [-0.2, -0.15) is 0 Å². The first-order valence-electron chi connectivity index (χ1n) is 9.74. The number of carbonyl (C=O) groups excluding carboxylic acids is 2. The second-order valence-electron chi connectivity index (χ2n) is 7.37. The van der Waals surface area contributed by atoms with Gasteiger partial charge < -0.3 is 10.6 Å². The lowest BCUT2D eigenvalue weighted by Gasteiger charge is -2.30. The molecule has 146 valence electrons. The van der Waals surface area contributed by atoms with E-state index < -0.39 is 5.91 Å². The van der Waals surface area contributed by atoms with Gasteiger partial charge in [-0.3, -0.25) is 14.6 Å². The molecule has 5 nitrogen and oxygen atoms in total. The van der Waals surface area contributed by atoms with Crippen molar-refractivity contribution in [1.29, 1.82) is 0 Å². The minimum absolute atomic E-state index is 0.0569. The van der Waals surface area contributed by atoms with Gasteiger partial charge in [0, 0.05) is 23.9 Å². The number of primary amides is 1. The molecule has 1 aliphatic carbocycles. The van der Waals surface area contributed by atoms with Gasteiger partial charge in [0.25, 0.3) is 11.8 Å². The van der Waals surface area contributed by atoms with Crippen LogP contribution in [0.2, 0.25) is 0 Å². The Balaban J connectivity index is 1.77. The highest BCUT2D eigenvalue weighted by molar-refractivity contribution is 5.95. The highest BCUT2D eigenvalue weighted by Crippen LogP contribution is 2.39. The fraction of sp³-hybridized carbons (Fsp3) is 0.208. The number of amides is 2. The summed E-state index contributed by atoms with van der Waals surface area (Å²) >= 11 is 0. The van der Waals surface area contributed by atoms with Crippen LogP contribution in [0.4, 0.5) is 0 Å². The molecule has 29 heavy (non-hydrogen) atoms. The first-order chi connectivity index (χ1) is 14.1. The van der Waals surface area contributed by atoms with Crippen LogP contribution < -0.4 is 5.73 Å². The maximum atomic E-state index is 13.5. The summed E-state index contributed by atoms with van der Waals surface area (Å²) in [7, 11) is 0. The molecular weight excluding hydrogens is 362 g/mol. The van der Waals surface area contributed by atoms with Crippen molar-refractivity contribution in [2.75, 3.05) is 0 Å². The molecule has 2 aromatic carbocycles. The Morgan fingerprint density at radius 3 is 2.62 bits per heavy atom. The predicted molar refractivity (Wildman–Crippen MR) is 111 cm³/mol. The fourth-order valence-electron chi connectivity index (χ4n) is 4.18. The SMILES string of the molecule is Cc1cccc2c1CC[C@H]2N(Cc1cccnc1C(N)=O)C(=O)c1ccccc1. The van der Waals surface area contributed by atoms with Crippen LogP contribution in [0.5, 0.6) is 0 Å². The van der Waals surface area contributed by atoms with E-state index in [4.69, 9.17) is 5.73 Å². The number of rotatable bonds is 5. The summed E-state index contributed by atoms with van der Waals surface area (Å²) in [6.07, 6.45) is 3.33. The number of hydrogen-bond acceptors (Lipinski definition) is 3. The number of benzene rings is 2. The van der Waals surface area contributed by atoms with E-state index in [1.54, 1.807) is 12.3 Å². The largest absolute Gasteiger partial charge is 0.364 e. The van der Waals surface area contributed by atoms with Crippen molar-refractivity contribution in [1.82, 2.24) is 9.88 Å². The van der Waals surface area contributed by atoms with Crippen molar-refractivity contribution in [2.24, 2.45) is 5.73 Å². The Hall–Kier alpha value is -3.47. The summed E-state index contributed by atoms with van der Waals surface area (Å²) in [5.74, 6) is -0.653. The van der Waals surface area contributed by atoms with Crippen LogP contribution >= 0.6 is 0 Å². The van der Waals surface area contributed by atoms with Crippen LogP contribution in [0.1, 0.15) is 55.6 Å². The third-order valence-corrected chi connectivity index (χ3v) is 5.60. The molecule has 0 saturated heterocycles. The molecule has 1 heterocycles. The zero-order valence-corrected chi connectivity index (χ0v) is 16.3. The molecule has 0 spiro atoms. The topological polar surface area (TPSA) is 76.3 Å². The van der Waals surface area contributed by atoms with Crippen molar-refractivity contribution in [3.63, 3.8) is 0 Å². The molecular formula is C24H23N3O2. The summed E-state index contributed by atoms with van der Waals surface area (Å²) in [6.45, 7) is 2.38. The molecule has 0 fully saturated rings. The van der Waals surface area contributed by atoms with E-state index in [-0.39, 0.29) is 24.2 Å². The van der Waals surface area contributed by atoms with Crippen LogP contribution in [-0.2, 0) is 13.0 Å². The van der Waals surface area contributed by atoms with Crippen molar-refractivity contribution < 1.29 is 9.59 Å². The highest BCUT2D eigenvalue weighted by Gasteiger charge is 2.33. The van der Waals surface area contributed by atoms with E-state index in [2.05, 4.69) is 24.0 Å². The molecule has 0 saturated carbocycles. The van der Waals surface area contributed by atoms with Crippen LogP contribution in [0, 0.1) is 6.92 Å². The normalized spacial score (nSPS) is 15.0. The van der Waals surface area contributed by atoms with Gasteiger partial charge in [-0.15, -0.1) is 0 Å². The predicted octanol–water partition coefficient (Wildman–Crippen LogP) is 3.82. The summed E-state index contributed by atoms with van der Waals surface area (Å²) in [5, 5.41) is 0. The number of nitrogens with zero attached hydrogens (tertiary/aromatic N) is 2. The molecule has 1 atom stereocenters. The average Bonchev–Trinajstić information content (AvgIpc) is 3.17. The van der Waals surface area contributed by atoms with E-state index in [1.165, 1.54) is 16.7 Å². The Morgan fingerprint density at radius 1 is 1.07 bits per heavy atom. The molecule has 1 aromatic heterocycles. The molecule has 2 N–H and O–H groups in total. The molecule has 2 amide bonds. The van der Waals surface area contributed by atoms with Gasteiger partial charge >= 0.3 is 0 Å². The summed E-state index contributed by atoms with van der Waals surface area (Å²) < 4.78 is 0. The number of nitrogens with two attached hydrogens (primary N) is 1. The standard InChI is InChI=1S/C24H23N3O2/c1-16-7-5-11-20-19(16)12-13-21(20)27(24(29)17-8-3-2-4-9-17)15-18-10-6-14-26-22(18)23(25)28/h2-11,14,21H,12-13,15H2,1H3,(H2,25,28)/t21-/m1/s1. The molecule has 3 aromatic rings. The number of hydrogen-bond donors (Lipinski definition) is 1. The number of aromatic nitrogens is 1. The third-order valence-electron chi connectivity index (χ3n) is 5.60. The minimum Gasteiger partial charge on any atom is -0.364 e. The maximum absolute atomic E-state index is 13.5. The zero-order valence-electron chi connectivity index (χ0n) is 16.3. The highest BCUT2D eigenvalue weighted by atomic mass is 16.2. The average molecular weight is 385 g/mol. The van der Waals surface area contributed by atoms with Gasteiger partial charge in [0.15, 0.2) is 0 Å². The van der Waals surface area contributed by atoms with E-state index >= 15 is 0 Å². The van der Waals surface area contributed by atoms with Crippen molar-refractivity contribution in [3.05, 3.63) is 100 Å². The van der Waals surface area contributed by atoms with Gasteiger partial charge in [-0.05, 0) is 54.7 Å². The fourth-order valence-corrected chi connectivity index (χ4v) is 4.18. The van der Waals surface area contributed by atoms with Gasteiger partial charge in [-0.1, -0.05) is 42.5 Å². The summed E-state index contributed by atoms with van der Waals surface area (Å²) in [6, 6.07) is 19.0. The second kappa shape index (κ2) is 7.87. The first kappa shape index (κ1) is 18.9. The van der Waals surface area contributed by atoms with E-state index in [1.807, 2.05) is 47.4 Å². The number of pyridine rings is 1. The molecule has 0 unspecified atom stereocenters. The number of fused-ring (bicyclic) bond motifs is 1. The summed E-state index contributed by atoms with van der Waals surface area (Å²) in [5.41, 5.74) is 10.7. The van der Waals surface area contributed by atoms with Gasteiger partial charge in [0.1, 0.15) is 5.69 Å². The Morgan fingerprint density at radius 2 is 1.86 bits per heavy atom. The molecule has 1 aliphatic rings. The zero-order chi connectivity index (χ0) is 20.4. The van der Waals surface area contributed by atoms with Crippen molar-refractivity contribution in [3.8, 4) is 0 Å². The monoisotopic (exact) mass is 385 g/mol. The molecule has 4 rings (SSSR count). The second-order valence-corrected chi connectivity index (χ2v) is 7.37. The molecule has 5 heteroatoms. The van der Waals surface area contributed by atoms with Crippen molar-refractivity contribution >= 4 is 11.8 Å². The lowest BCUT2D eigenvalue weighted by atomic mass is 10.0. The lowest BCUT2D eigenvalue weighted by Crippen LogP contribution is -2.34. The van der Waals surface area contributed by atoms with Crippen molar-refractivity contribution in [2.45, 2.75) is 32.4 Å². The van der Waals surface area contributed by atoms with Crippen LogP contribution in [-0.4, -0.2) is 21.7 Å². The Labute approximate surface area is 170 Å². The van der Waals surface area contributed by atoms with E-state index in [0.29, 0.717) is 11.1 Å². The number of carbonyl (C=O) groups is 2. The Kier molecular flexibility index (Phi) is 5.12. The Bertz CT molecular complexity index is 1060. The first-order valence-corrected chi connectivity index (χ1v) is 9.74. The molecule has 0 aliphatic heterocycles. The van der Waals surface area contributed by atoms with Crippen LogP contribution in [0.25, 0.3) is 0 Å². The summed E-state index contributed by atoms with van der Waals surface area (Å²) in [4.78, 5) is 31.4. The smallest absolute Gasteiger partial charge is 0.267 e. The number of aryl methyl sites for hydroxylation is 1. The third kappa shape index (κ3) is 3.63. The lowest BCUT2D eigenvalue weighted by molar-refractivity contribution is 0.0656. The van der Waals surface area contributed by atoms with Gasteiger partial charge in [-0.25, -0.2) is 0 Å². The quantitative estimate of drug-likeness (QED) is 0.725. The van der Waals surface area contributed by atoms with E-state index in [0.717, 1.165) is 12.8 Å². The molecule has 0 bridgehead atoms. The van der Waals surface area contributed by atoms with Gasteiger partial charge in [0.2, 0.25) is 0 Å². The van der Waals surface area contributed by atoms with Gasteiger partial charge in [0.05, 0.1) is 6.04 Å². The minimum atomic E-state index is -0.588. The van der Waals surface area contributed by atoms with E-state index in [9.17, 15) is 9.59 Å². The van der Waals surface area contributed by atoms with Crippen LogP contribution in [0.15, 0.2) is 66.9 Å². The van der Waals surface area contributed by atoms with Crippen LogP contribution in [0.3, 0.4) is 0 Å².